The van der Waals surface area contributed by atoms with Crippen molar-refractivity contribution in [3.63, 3.8) is 0 Å². The van der Waals surface area contributed by atoms with Gasteiger partial charge in [-0.1, -0.05) is 24.3 Å². The standard InChI is InChI=1S/C20H24N2O2/c1-22(13-17-6-3-4-9-19(17)24-2)14-20(23)21-18-11-10-15-7-5-8-16(15)12-18/h3-4,6,9-12H,5,7-8,13-14H2,1-2H3,(H,21,23). The molecule has 0 saturated carbocycles. The molecular formula is C20H24N2O2. The van der Waals surface area contributed by atoms with Gasteiger partial charge in [0, 0.05) is 17.8 Å². The van der Waals surface area contributed by atoms with Gasteiger partial charge < -0.3 is 10.1 Å². The van der Waals surface area contributed by atoms with E-state index >= 15 is 0 Å². The number of fused-ring (bicyclic) bond motifs is 1. The van der Waals surface area contributed by atoms with Gasteiger partial charge in [0.05, 0.1) is 13.7 Å². The van der Waals surface area contributed by atoms with Crippen molar-refractivity contribution in [3.8, 4) is 5.75 Å². The number of likely N-dealkylation sites (N-methyl/N-ethyl adjacent to an activating group) is 1. The summed E-state index contributed by atoms with van der Waals surface area (Å²) in [5, 5.41) is 3.01. The minimum atomic E-state index is 0.00495. The van der Waals surface area contributed by atoms with E-state index in [2.05, 4.69) is 17.4 Å². The SMILES string of the molecule is COc1ccccc1CN(C)CC(=O)Nc1ccc2c(c1)CCC2. The van der Waals surface area contributed by atoms with E-state index in [9.17, 15) is 4.79 Å². The van der Waals surface area contributed by atoms with Crippen molar-refractivity contribution in [1.82, 2.24) is 4.90 Å². The van der Waals surface area contributed by atoms with E-state index in [4.69, 9.17) is 4.74 Å². The Morgan fingerprint density at radius 2 is 1.96 bits per heavy atom. The summed E-state index contributed by atoms with van der Waals surface area (Å²) in [6.45, 7) is 1.01. The molecular weight excluding hydrogens is 300 g/mol. The van der Waals surface area contributed by atoms with Gasteiger partial charge in [0.2, 0.25) is 5.91 Å². The van der Waals surface area contributed by atoms with E-state index in [0.717, 1.165) is 29.8 Å². The van der Waals surface area contributed by atoms with Crippen molar-refractivity contribution >= 4 is 11.6 Å². The second-order valence-corrected chi connectivity index (χ2v) is 6.37. The number of aryl methyl sites for hydroxylation is 2. The Kier molecular flexibility index (Phi) is 5.16. The van der Waals surface area contributed by atoms with E-state index in [1.54, 1.807) is 7.11 Å². The highest BCUT2D eigenvalue weighted by molar-refractivity contribution is 5.92. The molecule has 0 spiro atoms. The first-order valence-corrected chi connectivity index (χ1v) is 8.38. The molecule has 4 heteroatoms. The number of hydrogen-bond acceptors (Lipinski definition) is 3. The van der Waals surface area contributed by atoms with Crippen LogP contribution in [0.4, 0.5) is 5.69 Å². The molecule has 2 aromatic rings. The van der Waals surface area contributed by atoms with Gasteiger partial charge in [0.1, 0.15) is 5.75 Å². The zero-order chi connectivity index (χ0) is 16.9. The summed E-state index contributed by atoms with van der Waals surface area (Å²) in [6.07, 6.45) is 3.49. The fraction of sp³-hybridized carbons (Fsp3) is 0.350. The Balaban J connectivity index is 1.56. The maximum absolute atomic E-state index is 12.3. The smallest absolute Gasteiger partial charge is 0.238 e. The number of amides is 1. The van der Waals surface area contributed by atoms with E-state index in [1.165, 1.54) is 17.5 Å². The fourth-order valence-electron chi connectivity index (χ4n) is 3.28. The van der Waals surface area contributed by atoms with Crippen LogP contribution in [0.15, 0.2) is 42.5 Å². The number of hydrogen-bond donors (Lipinski definition) is 1. The van der Waals surface area contributed by atoms with E-state index in [0.29, 0.717) is 13.1 Å². The minimum absolute atomic E-state index is 0.00495. The number of nitrogens with one attached hydrogen (secondary N) is 1. The molecule has 0 bridgehead atoms. The van der Waals surface area contributed by atoms with Gasteiger partial charge >= 0.3 is 0 Å². The third-order valence-electron chi connectivity index (χ3n) is 4.43. The van der Waals surface area contributed by atoms with Crippen molar-refractivity contribution in [2.45, 2.75) is 25.8 Å². The summed E-state index contributed by atoms with van der Waals surface area (Å²) in [4.78, 5) is 14.3. The normalized spacial score (nSPS) is 13.0. The van der Waals surface area contributed by atoms with Crippen LogP contribution in [0, 0.1) is 0 Å². The van der Waals surface area contributed by atoms with Gasteiger partial charge in [-0.3, -0.25) is 9.69 Å². The molecule has 126 valence electrons. The van der Waals surface area contributed by atoms with E-state index in [1.807, 2.05) is 42.3 Å². The van der Waals surface area contributed by atoms with Crippen molar-refractivity contribution in [1.29, 1.82) is 0 Å². The van der Waals surface area contributed by atoms with Gasteiger partial charge in [0.15, 0.2) is 0 Å². The van der Waals surface area contributed by atoms with Crippen LogP contribution in [-0.4, -0.2) is 31.5 Å². The Bertz CT molecular complexity index is 727. The molecule has 1 aliphatic carbocycles. The lowest BCUT2D eigenvalue weighted by Gasteiger charge is -2.18. The molecule has 0 heterocycles. The highest BCUT2D eigenvalue weighted by Gasteiger charge is 2.13. The summed E-state index contributed by atoms with van der Waals surface area (Å²) in [6, 6.07) is 14.1. The molecule has 0 aliphatic heterocycles. The number of anilines is 1. The predicted molar refractivity (Wildman–Crippen MR) is 96.4 cm³/mol. The zero-order valence-corrected chi connectivity index (χ0v) is 14.3. The van der Waals surface area contributed by atoms with Crippen LogP contribution >= 0.6 is 0 Å². The summed E-state index contributed by atoms with van der Waals surface area (Å²) < 4.78 is 5.36. The molecule has 24 heavy (non-hydrogen) atoms. The number of carbonyl (C=O) groups is 1. The van der Waals surface area contributed by atoms with Crippen LogP contribution < -0.4 is 10.1 Å². The number of nitrogens with zero attached hydrogens (tertiary/aromatic N) is 1. The predicted octanol–water partition coefficient (Wildman–Crippen LogP) is 3.25. The Morgan fingerprint density at radius 1 is 1.17 bits per heavy atom. The van der Waals surface area contributed by atoms with Gasteiger partial charge in [-0.25, -0.2) is 0 Å². The molecule has 0 fully saturated rings. The first-order chi connectivity index (χ1) is 11.7. The molecule has 0 saturated heterocycles. The highest BCUT2D eigenvalue weighted by Crippen LogP contribution is 2.25. The molecule has 4 nitrogen and oxygen atoms in total. The summed E-state index contributed by atoms with van der Waals surface area (Å²) >= 11 is 0. The fourth-order valence-corrected chi connectivity index (χ4v) is 3.28. The topological polar surface area (TPSA) is 41.6 Å². The van der Waals surface area contributed by atoms with Gasteiger partial charge in [-0.05, 0) is 55.6 Å². The number of methoxy groups -OCH3 is 1. The van der Waals surface area contributed by atoms with Crippen molar-refractivity contribution < 1.29 is 9.53 Å². The monoisotopic (exact) mass is 324 g/mol. The molecule has 1 N–H and O–H groups in total. The molecule has 0 unspecified atom stereocenters. The maximum atomic E-state index is 12.3. The van der Waals surface area contributed by atoms with Gasteiger partial charge in [-0.15, -0.1) is 0 Å². The zero-order valence-electron chi connectivity index (χ0n) is 14.3. The third kappa shape index (κ3) is 3.95. The Morgan fingerprint density at radius 3 is 2.79 bits per heavy atom. The molecule has 2 aromatic carbocycles. The molecule has 3 rings (SSSR count). The first kappa shape index (κ1) is 16.5. The Hall–Kier alpha value is -2.33. The number of ether oxygens (including phenoxy) is 1. The maximum Gasteiger partial charge on any atom is 0.238 e. The number of rotatable bonds is 6. The minimum Gasteiger partial charge on any atom is -0.496 e. The van der Waals surface area contributed by atoms with Crippen LogP contribution in [0.2, 0.25) is 0 Å². The van der Waals surface area contributed by atoms with Crippen LogP contribution in [0.3, 0.4) is 0 Å². The van der Waals surface area contributed by atoms with E-state index < -0.39 is 0 Å². The first-order valence-electron chi connectivity index (χ1n) is 8.38. The third-order valence-corrected chi connectivity index (χ3v) is 4.43. The van der Waals surface area contributed by atoms with Crippen LogP contribution in [-0.2, 0) is 24.2 Å². The lowest BCUT2D eigenvalue weighted by Crippen LogP contribution is -2.30. The molecule has 1 amide bonds. The Labute approximate surface area is 143 Å². The number of carbonyl (C=O) groups excluding carboxylic acids is 1. The quantitative estimate of drug-likeness (QED) is 0.887. The van der Waals surface area contributed by atoms with Gasteiger partial charge in [0.25, 0.3) is 0 Å². The van der Waals surface area contributed by atoms with E-state index in [-0.39, 0.29) is 5.91 Å². The second-order valence-electron chi connectivity index (χ2n) is 6.37. The average Bonchev–Trinajstić information content (AvgIpc) is 3.02. The van der Waals surface area contributed by atoms with Crippen molar-refractivity contribution in [2.24, 2.45) is 0 Å². The molecule has 0 atom stereocenters. The lowest BCUT2D eigenvalue weighted by molar-refractivity contribution is -0.117. The lowest BCUT2D eigenvalue weighted by atomic mass is 10.1. The molecule has 0 aromatic heterocycles. The van der Waals surface area contributed by atoms with Crippen LogP contribution in [0.25, 0.3) is 0 Å². The summed E-state index contributed by atoms with van der Waals surface area (Å²) in [7, 11) is 3.61. The average molecular weight is 324 g/mol. The van der Waals surface area contributed by atoms with Gasteiger partial charge in [-0.2, -0.15) is 0 Å². The summed E-state index contributed by atoms with van der Waals surface area (Å²) in [5.74, 6) is 0.855. The highest BCUT2D eigenvalue weighted by atomic mass is 16.5. The van der Waals surface area contributed by atoms with Crippen molar-refractivity contribution in [2.75, 3.05) is 26.0 Å². The largest absolute Gasteiger partial charge is 0.496 e. The molecule has 1 aliphatic rings. The molecule has 0 radical (unpaired) electrons. The van der Waals surface area contributed by atoms with Crippen molar-refractivity contribution in [3.05, 3.63) is 59.2 Å². The number of para-hydroxylation sites is 1. The van der Waals surface area contributed by atoms with Crippen LogP contribution in [0.5, 0.6) is 5.75 Å². The second kappa shape index (κ2) is 7.49. The number of benzene rings is 2. The van der Waals surface area contributed by atoms with Crippen LogP contribution in [0.1, 0.15) is 23.1 Å². The summed E-state index contributed by atoms with van der Waals surface area (Å²) in [5.41, 5.74) is 4.76.